The Kier molecular flexibility index (Phi) is 7.62. The number of hydrogen-bond donors (Lipinski definition) is 1. The van der Waals surface area contributed by atoms with E-state index in [-0.39, 0.29) is 16.5 Å². The maximum absolute atomic E-state index is 13.3. The predicted molar refractivity (Wildman–Crippen MR) is 125 cm³/mol. The molecule has 0 saturated carbocycles. The largest absolute Gasteiger partial charge is 0.325 e. The number of halogens is 3. The van der Waals surface area contributed by atoms with E-state index in [9.17, 15) is 13.2 Å². The molecule has 5 nitrogen and oxygen atoms in total. The summed E-state index contributed by atoms with van der Waals surface area (Å²) in [5.41, 5.74) is 2.00. The number of nitrogens with zero attached hydrogens (tertiary/aromatic N) is 1. The number of hydrogen-bond acceptors (Lipinski definition) is 3. The smallest absolute Gasteiger partial charge is 0.243 e. The molecule has 1 amide bonds. The van der Waals surface area contributed by atoms with Crippen LogP contribution in [0.15, 0.2) is 71.6 Å². The number of nitrogens with one attached hydrogen (secondary N) is 1. The molecule has 0 heterocycles. The van der Waals surface area contributed by atoms with Gasteiger partial charge in [-0.05, 0) is 55.0 Å². The maximum Gasteiger partial charge on any atom is 0.243 e. The number of carbonyl (C=O) groups is 1. The Morgan fingerprint density at radius 3 is 2.29 bits per heavy atom. The molecule has 0 aliphatic rings. The van der Waals surface area contributed by atoms with Crippen LogP contribution in [-0.4, -0.2) is 25.2 Å². The molecule has 0 spiro atoms. The van der Waals surface area contributed by atoms with Gasteiger partial charge >= 0.3 is 0 Å². The van der Waals surface area contributed by atoms with Crippen molar-refractivity contribution >= 4 is 56.4 Å². The van der Waals surface area contributed by atoms with Gasteiger partial charge in [0.25, 0.3) is 0 Å². The molecule has 9 heteroatoms. The molecular formula is C22H19Cl3N2O3S. The van der Waals surface area contributed by atoms with Crippen LogP contribution >= 0.6 is 34.8 Å². The van der Waals surface area contributed by atoms with E-state index < -0.39 is 22.5 Å². The van der Waals surface area contributed by atoms with Gasteiger partial charge in [0.2, 0.25) is 15.9 Å². The summed E-state index contributed by atoms with van der Waals surface area (Å²) in [6.07, 6.45) is 0. The number of aryl methyl sites for hydroxylation is 1. The average Bonchev–Trinajstić information content (AvgIpc) is 2.70. The standard InChI is InChI=1S/C22H19Cl3N2O3S/c1-15-5-8-19(9-6-15)31(29,30)27(13-16-3-2-4-17(23)11-16)14-22(28)26-18-7-10-20(24)21(25)12-18/h2-12H,13-14H2,1H3,(H,26,28). The van der Waals surface area contributed by atoms with E-state index in [1.807, 2.05) is 6.92 Å². The zero-order chi connectivity index (χ0) is 22.6. The van der Waals surface area contributed by atoms with Crippen LogP contribution in [0.3, 0.4) is 0 Å². The first kappa shape index (κ1) is 23.6. The molecule has 3 rings (SSSR count). The second-order valence-corrected chi connectivity index (χ2v) is 10.1. The molecule has 0 unspecified atom stereocenters. The molecule has 0 fully saturated rings. The Hall–Kier alpha value is -2.09. The Morgan fingerprint density at radius 2 is 1.65 bits per heavy atom. The highest BCUT2D eigenvalue weighted by Gasteiger charge is 2.27. The van der Waals surface area contributed by atoms with Crippen molar-refractivity contribution in [2.24, 2.45) is 0 Å². The van der Waals surface area contributed by atoms with E-state index in [2.05, 4.69) is 5.32 Å². The molecule has 1 N–H and O–H groups in total. The molecular weight excluding hydrogens is 479 g/mol. The lowest BCUT2D eigenvalue weighted by molar-refractivity contribution is -0.116. The first-order valence-electron chi connectivity index (χ1n) is 9.21. The Morgan fingerprint density at radius 1 is 0.935 bits per heavy atom. The van der Waals surface area contributed by atoms with Crippen molar-refractivity contribution in [3.8, 4) is 0 Å². The Balaban J connectivity index is 1.88. The SMILES string of the molecule is Cc1ccc(S(=O)(=O)N(CC(=O)Nc2ccc(Cl)c(Cl)c2)Cc2cccc(Cl)c2)cc1. The fraction of sp³-hybridized carbons (Fsp3) is 0.136. The first-order chi connectivity index (χ1) is 14.6. The molecule has 162 valence electrons. The zero-order valence-corrected chi connectivity index (χ0v) is 19.6. The van der Waals surface area contributed by atoms with Gasteiger partial charge in [0, 0.05) is 17.3 Å². The second-order valence-electron chi connectivity index (χ2n) is 6.89. The lowest BCUT2D eigenvalue weighted by Gasteiger charge is -2.22. The van der Waals surface area contributed by atoms with Crippen molar-refractivity contribution in [2.45, 2.75) is 18.4 Å². The van der Waals surface area contributed by atoms with Crippen LogP contribution in [0.2, 0.25) is 15.1 Å². The van der Waals surface area contributed by atoms with Crippen LogP contribution in [0.5, 0.6) is 0 Å². The molecule has 3 aromatic carbocycles. The highest BCUT2D eigenvalue weighted by molar-refractivity contribution is 7.89. The highest BCUT2D eigenvalue weighted by Crippen LogP contribution is 2.25. The van der Waals surface area contributed by atoms with E-state index >= 15 is 0 Å². The van der Waals surface area contributed by atoms with Gasteiger partial charge in [-0.3, -0.25) is 4.79 Å². The molecule has 0 saturated heterocycles. The molecule has 31 heavy (non-hydrogen) atoms. The molecule has 0 aliphatic carbocycles. The van der Waals surface area contributed by atoms with Crippen molar-refractivity contribution in [2.75, 3.05) is 11.9 Å². The first-order valence-corrected chi connectivity index (χ1v) is 11.8. The van der Waals surface area contributed by atoms with Gasteiger partial charge in [-0.15, -0.1) is 0 Å². The molecule has 0 bridgehead atoms. The van der Waals surface area contributed by atoms with Gasteiger partial charge in [-0.2, -0.15) is 4.31 Å². The molecule has 0 aromatic heterocycles. The maximum atomic E-state index is 13.3. The lowest BCUT2D eigenvalue weighted by atomic mass is 10.2. The highest BCUT2D eigenvalue weighted by atomic mass is 35.5. The summed E-state index contributed by atoms with van der Waals surface area (Å²) in [6.45, 7) is 1.44. The number of benzene rings is 3. The topological polar surface area (TPSA) is 66.5 Å². The molecule has 3 aromatic rings. The predicted octanol–water partition coefficient (Wildman–Crippen LogP) is 5.78. The summed E-state index contributed by atoms with van der Waals surface area (Å²) >= 11 is 17.9. The van der Waals surface area contributed by atoms with Crippen LogP contribution in [0.1, 0.15) is 11.1 Å². The van der Waals surface area contributed by atoms with Gasteiger partial charge in [0.1, 0.15) is 0 Å². The third-order valence-corrected chi connectivity index (χ3v) is 7.21. The minimum Gasteiger partial charge on any atom is -0.325 e. The number of carbonyl (C=O) groups excluding carboxylic acids is 1. The van der Waals surface area contributed by atoms with E-state index in [1.54, 1.807) is 48.5 Å². The number of sulfonamides is 1. The van der Waals surface area contributed by atoms with Gasteiger partial charge < -0.3 is 5.32 Å². The van der Waals surface area contributed by atoms with E-state index in [0.29, 0.717) is 21.3 Å². The van der Waals surface area contributed by atoms with Crippen molar-refractivity contribution in [1.82, 2.24) is 4.31 Å². The molecule has 0 atom stereocenters. The number of amides is 1. The van der Waals surface area contributed by atoms with Gasteiger partial charge in [0.15, 0.2) is 0 Å². The Bertz CT molecular complexity index is 1200. The van der Waals surface area contributed by atoms with Gasteiger partial charge in [0.05, 0.1) is 21.5 Å². The number of rotatable bonds is 7. The minimum absolute atomic E-state index is 0.0223. The Labute approximate surface area is 196 Å². The van der Waals surface area contributed by atoms with Crippen molar-refractivity contribution in [1.29, 1.82) is 0 Å². The zero-order valence-electron chi connectivity index (χ0n) is 16.5. The summed E-state index contributed by atoms with van der Waals surface area (Å²) in [7, 11) is -3.95. The lowest BCUT2D eigenvalue weighted by Crippen LogP contribution is -2.37. The van der Waals surface area contributed by atoms with Crippen molar-refractivity contribution < 1.29 is 13.2 Å². The summed E-state index contributed by atoms with van der Waals surface area (Å²) in [4.78, 5) is 12.8. The van der Waals surface area contributed by atoms with Gasteiger partial charge in [-0.25, -0.2) is 8.42 Å². The molecule has 0 radical (unpaired) electrons. The third kappa shape index (κ3) is 6.21. The van der Waals surface area contributed by atoms with Crippen LogP contribution < -0.4 is 5.32 Å². The van der Waals surface area contributed by atoms with Crippen LogP contribution in [0.25, 0.3) is 0 Å². The van der Waals surface area contributed by atoms with E-state index in [1.165, 1.54) is 18.2 Å². The van der Waals surface area contributed by atoms with Crippen molar-refractivity contribution in [3.05, 3.63) is 92.9 Å². The van der Waals surface area contributed by atoms with Crippen molar-refractivity contribution in [3.63, 3.8) is 0 Å². The summed E-state index contributed by atoms with van der Waals surface area (Å²) in [5, 5.41) is 3.76. The van der Waals surface area contributed by atoms with E-state index in [0.717, 1.165) is 9.87 Å². The van der Waals surface area contributed by atoms with E-state index in [4.69, 9.17) is 34.8 Å². The quantitative estimate of drug-likeness (QED) is 0.449. The normalized spacial score (nSPS) is 11.5. The molecule has 0 aliphatic heterocycles. The number of anilines is 1. The minimum atomic E-state index is -3.95. The van der Waals surface area contributed by atoms with Crippen LogP contribution in [0, 0.1) is 6.92 Å². The average molecular weight is 498 g/mol. The fourth-order valence-corrected chi connectivity index (χ4v) is 4.75. The summed E-state index contributed by atoms with van der Waals surface area (Å²) < 4.78 is 27.7. The van der Waals surface area contributed by atoms with Crippen LogP contribution in [-0.2, 0) is 21.4 Å². The van der Waals surface area contributed by atoms with Gasteiger partial charge in [-0.1, -0.05) is 64.6 Å². The monoisotopic (exact) mass is 496 g/mol. The third-order valence-electron chi connectivity index (χ3n) is 4.43. The fourth-order valence-electron chi connectivity index (χ4n) is 2.86. The second kappa shape index (κ2) is 10.0. The van der Waals surface area contributed by atoms with Crippen LogP contribution in [0.4, 0.5) is 5.69 Å². The summed E-state index contributed by atoms with van der Waals surface area (Å²) in [5.74, 6) is -0.517. The summed E-state index contributed by atoms with van der Waals surface area (Å²) in [6, 6.07) is 17.9.